The zero-order chi connectivity index (χ0) is 16.2. The van der Waals surface area contributed by atoms with Crippen LogP contribution in [0, 0.1) is 13.8 Å². The van der Waals surface area contributed by atoms with Crippen LogP contribution in [0.4, 0.5) is 0 Å². The monoisotopic (exact) mass is 310 g/mol. The van der Waals surface area contributed by atoms with Crippen molar-refractivity contribution in [2.75, 3.05) is 19.6 Å². The topological polar surface area (TPSA) is 59.0 Å². The van der Waals surface area contributed by atoms with E-state index in [1.807, 2.05) is 48.9 Å². The molecule has 5 heteroatoms. The summed E-state index contributed by atoms with van der Waals surface area (Å²) in [7, 11) is 0. The number of benzene rings is 1. The summed E-state index contributed by atoms with van der Waals surface area (Å²) >= 11 is 0. The Kier molecular flexibility index (Phi) is 4.57. The number of carbonyl (C=O) groups excluding carboxylic acids is 1. The van der Waals surface area contributed by atoms with Gasteiger partial charge in [-0.15, -0.1) is 0 Å². The second kappa shape index (κ2) is 6.79. The van der Waals surface area contributed by atoms with Crippen LogP contribution in [-0.4, -0.2) is 35.3 Å². The molecule has 2 aromatic rings. The highest BCUT2D eigenvalue weighted by atomic mass is 16.1. The summed E-state index contributed by atoms with van der Waals surface area (Å²) in [6.07, 6.45) is 3.14. The molecule has 0 saturated heterocycles. The Morgan fingerprint density at radius 1 is 1.30 bits per heavy atom. The number of nitrogens with one attached hydrogen (secondary N) is 2. The van der Waals surface area contributed by atoms with Gasteiger partial charge in [-0.3, -0.25) is 4.79 Å². The van der Waals surface area contributed by atoms with Gasteiger partial charge in [-0.1, -0.05) is 29.8 Å². The molecule has 0 fully saturated rings. The third kappa shape index (κ3) is 3.35. The summed E-state index contributed by atoms with van der Waals surface area (Å²) in [6.45, 7) is 6.29. The smallest absolute Gasteiger partial charge is 0.255 e. The zero-order valence-corrected chi connectivity index (χ0v) is 13.6. The molecular formula is C18H22N4O. The standard InChI is InChI=1S/C18H22N4O/c1-13-17(18(23)20-12-15-8-10-19-11-9-15)14(2)22(21-13)16-6-4-3-5-7-16/h3-8,19H,9-12H2,1-2H3,(H,20,23). The first kappa shape index (κ1) is 15.5. The van der Waals surface area contributed by atoms with Crippen LogP contribution in [0.15, 0.2) is 42.0 Å². The minimum absolute atomic E-state index is 0.0541. The van der Waals surface area contributed by atoms with Crippen LogP contribution in [-0.2, 0) is 0 Å². The number of carbonyl (C=O) groups is 1. The Morgan fingerprint density at radius 2 is 2.09 bits per heavy atom. The van der Waals surface area contributed by atoms with Crippen LogP contribution in [0.3, 0.4) is 0 Å². The van der Waals surface area contributed by atoms with Gasteiger partial charge in [-0.2, -0.15) is 5.10 Å². The Morgan fingerprint density at radius 3 is 2.78 bits per heavy atom. The van der Waals surface area contributed by atoms with Gasteiger partial charge in [0.25, 0.3) is 5.91 Å². The first-order chi connectivity index (χ1) is 11.2. The van der Waals surface area contributed by atoms with E-state index in [9.17, 15) is 4.79 Å². The molecule has 23 heavy (non-hydrogen) atoms. The third-order valence-corrected chi connectivity index (χ3v) is 4.15. The van der Waals surface area contributed by atoms with Gasteiger partial charge in [0, 0.05) is 13.1 Å². The summed E-state index contributed by atoms with van der Waals surface area (Å²) in [5.74, 6) is -0.0541. The van der Waals surface area contributed by atoms with Gasteiger partial charge >= 0.3 is 0 Å². The van der Waals surface area contributed by atoms with Gasteiger partial charge in [0.1, 0.15) is 0 Å². The first-order valence-electron chi connectivity index (χ1n) is 7.95. The molecule has 1 aromatic carbocycles. The van der Waals surface area contributed by atoms with Crippen LogP contribution >= 0.6 is 0 Å². The SMILES string of the molecule is Cc1nn(-c2ccccc2)c(C)c1C(=O)NCC1=CCNCC1. The van der Waals surface area contributed by atoms with E-state index < -0.39 is 0 Å². The van der Waals surface area contributed by atoms with Gasteiger partial charge in [-0.05, 0) is 38.9 Å². The van der Waals surface area contributed by atoms with Gasteiger partial charge in [0.15, 0.2) is 0 Å². The molecule has 0 unspecified atom stereocenters. The summed E-state index contributed by atoms with van der Waals surface area (Å²) in [4.78, 5) is 12.6. The van der Waals surface area contributed by atoms with Crippen molar-refractivity contribution < 1.29 is 4.79 Å². The van der Waals surface area contributed by atoms with Crippen molar-refractivity contribution in [3.05, 3.63) is 58.9 Å². The molecule has 120 valence electrons. The Hall–Kier alpha value is -2.40. The molecule has 1 aromatic heterocycles. The maximum Gasteiger partial charge on any atom is 0.255 e. The van der Waals surface area contributed by atoms with Crippen molar-refractivity contribution in [2.24, 2.45) is 0 Å². The molecule has 2 N–H and O–H groups in total. The molecule has 1 amide bonds. The number of nitrogens with zero attached hydrogens (tertiary/aromatic N) is 2. The number of aromatic nitrogens is 2. The number of para-hydroxylation sites is 1. The van der Waals surface area contributed by atoms with Crippen LogP contribution in [0.25, 0.3) is 5.69 Å². The van der Waals surface area contributed by atoms with Crippen molar-refractivity contribution in [2.45, 2.75) is 20.3 Å². The quantitative estimate of drug-likeness (QED) is 0.851. The molecule has 0 spiro atoms. The molecule has 0 bridgehead atoms. The Balaban J connectivity index is 1.78. The minimum atomic E-state index is -0.0541. The summed E-state index contributed by atoms with van der Waals surface area (Å²) in [6, 6.07) is 9.88. The molecule has 1 aliphatic heterocycles. The maximum atomic E-state index is 12.6. The van der Waals surface area contributed by atoms with Crippen molar-refractivity contribution in [3.8, 4) is 5.69 Å². The number of amides is 1. The van der Waals surface area contributed by atoms with E-state index in [2.05, 4.69) is 21.8 Å². The van der Waals surface area contributed by atoms with Gasteiger partial charge in [0.2, 0.25) is 0 Å². The lowest BCUT2D eigenvalue weighted by Gasteiger charge is -2.14. The molecule has 3 rings (SSSR count). The molecule has 0 atom stereocenters. The second-order valence-corrected chi connectivity index (χ2v) is 5.79. The molecule has 1 aliphatic rings. The van der Waals surface area contributed by atoms with E-state index in [1.165, 1.54) is 5.57 Å². The lowest BCUT2D eigenvalue weighted by Crippen LogP contribution is -2.30. The van der Waals surface area contributed by atoms with E-state index in [1.54, 1.807) is 0 Å². The largest absolute Gasteiger partial charge is 0.348 e. The zero-order valence-electron chi connectivity index (χ0n) is 13.6. The first-order valence-corrected chi connectivity index (χ1v) is 7.95. The van der Waals surface area contributed by atoms with E-state index >= 15 is 0 Å². The van der Waals surface area contributed by atoms with E-state index in [-0.39, 0.29) is 5.91 Å². The highest BCUT2D eigenvalue weighted by molar-refractivity contribution is 5.96. The molecule has 5 nitrogen and oxygen atoms in total. The van der Waals surface area contributed by atoms with Gasteiger partial charge in [0.05, 0.1) is 22.6 Å². The predicted octanol–water partition coefficient (Wildman–Crippen LogP) is 2.14. The van der Waals surface area contributed by atoms with Crippen molar-refractivity contribution in [1.82, 2.24) is 20.4 Å². The average Bonchev–Trinajstić information content (AvgIpc) is 2.89. The lowest BCUT2D eigenvalue weighted by molar-refractivity contribution is 0.0955. The molecular weight excluding hydrogens is 288 g/mol. The lowest BCUT2D eigenvalue weighted by atomic mass is 10.1. The van der Waals surface area contributed by atoms with Crippen LogP contribution < -0.4 is 10.6 Å². The Bertz CT molecular complexity index is 731. The maximum absolute atomic E-state index is 12.6. The summed E-state index contributed by atoms with van der Waals surface area (Å²) in [5, 5.41) is 10.8. The molecule has 2 heterocycles. The third-order valence-electron chi connectivity index (χ3n) is 4.15. The molecule has 0 radical (unpaired) electrons. The van der Waals surface area contributed by atoms with E-state index in [0.29, 0.717) is 12.1 Å². The summed E-state index contributed by atoms with van der Waals surface area (Å²) in [5.41, 5.74) is 4.54. The van der Waals surface area contributed by atoms with Crippen LogP contribution in [0.1, 0.15) is 28.2 Å². The van der Waals surface area contributed by atoms with Crippen molar-refractivity contribution in [3.63, 3.8) is 0 Å². The number of rotatable bonds is 4. The molecule has 0 aliphatic carbocycles. The fourth-order valence-electron chi connectivity index (χ4n) is 2.90. The van der Waals surface area contributed by atoms with Crippen molar-refractivity contribution >= 4 is 5.91 Å². The van der Waals surface area contributed by atoms with Gasteiger partial charge in [-0.25, -0.2) is 4.68 Å². The second-order valence-electron chi connectivity index (χ2n) is 5.79. The normalized spacial score (nSPS) is 14.4. The number of aryl methyl sites for hydroxylation is 1. The fraction of sp³-hybridized carbons (Fsp3) is 0.333. The highest BCUT2D eigenvalue weighted by Gasteiger charge is 2.19. The van der Waals surface area contributed by atoms with Crippen molar-refractivity contribution in [1.29, 1.82) is 0 Å². The van der Waals surface area contributed by atoms with Crippen LogP contribution in [0.2, 0.25) is 0 Å². The average molecular weight is 310 g/mol. The predicted molar refractivity (Wildman–Crippen MR) is 90.9 cm³/mol. The van der Waals surface area contributed by atoms with Crippen LogP contribution in [0.5, 0.6) is 0 Å². The van der Waals surface area contributed by atoms with E-state index in [0.717, 1.165) is 36.6 Å². The molecule has 0 saturated carbocycles. The minimum Gasteiger partial charge on any atom is -0.348 e. The summed E-state index contributed by atoms with van der Waals surface area (Å²) < 4.78 is 1.83. The Labute approximate surface area is 136 Å². The van der Waals surface area contributed by atoms with Gasteiger partial charge < -0.3 is 10.6 Å². The van der Waals surface area contributed by atoms with E-state index in [4.69, 9.17) is 0 Å². The fourth-order valence-corrected chi connectivity index (χ4v) is 2.90. The number of hydrogen-bond donors (Lipinski definition) is 2. The number of hydrogen-bond acceptors (Lipinski definition) is 3. The highest BCUT2D eigenvalue weighted by Crippen LogP contribution is 2.17.